The molecule has 5 nitrogen and oxygen atoms in total. The average molecular weight is 357 g/mol. The molecule has 5 heteroatoms. The third kappa shape index (κ3) is 3.83. The number of rotatable bonds is 5. The summed E-state index contributed by atoms with van der Waals surface area (Å²) in [5, 5.41) is 6.80. The molecular weight excluding hydrogens is 326 g/mol. The van der Waals surface area contributed by atoms with E-state index in [1.54, 1.807) is 7.11 Å². The minimum atomic E-state index is 0.0268. The minimum absolute atomic E-state index is 0.0268. The third-order valence-corrected chi connectivity index (χ3v) is 6.45. The molecule has 1 aromatic rings. The normalized spacial score (nSPS) is 30.9. The molecule has 1 aliphatic carbocycles. The summed E-state index contributed by atoms with van der Waals surface area (Å²) in [6, 6.07) is 8.84. The molecule has 26 heavy (non-hydrogen) atoms. The average Bonchev–Trinajstić information content (AvgIpc) is 3.33. The largest absolute Gasteiger partial charge is 0.497 e. The monoisotopic (exact) mass is 357 g/mol. The fraction of sp³-hybridized carbons (Fsp3) is 0.667. The highest BCUT2D eigenvalue weighted by molar-refractivity contribution is 5.82. The molecule has 142 valence electrons. The van der Waals surface area contributed by atoms with Crippen molar-refractivity contribution in [3.63, 3.8) is 0 Å². The van der Waals surface area contributed by atoms with E-state index >= 15 is 0 Å². The second-order valence-corrected chi connectivity index (χ2v) is 8.15. The standard InChI is InChI=1S/C21H31N3O2/c1-26-18-7-4-6-17(12-18)24-10-9-15(14-24)13-22-21(25)20-11-16-5-2-3-8-19(16)23-20/h4,6-7,12,15-16,19-20,23H,2-3,5,8-11,13-14H2,1H3,(H,22,25). The van der Waals surface area contributed by atoms with E-state index in [-0.39, 0.29) is 11.9 Å². The van der Waals surface area contributed by atoms with Crippen LogP contribution in [0.15, 0.2) is 24.3 Å². The first-order valence-corrected chi connectivity index (χ1v) is 10.2. The summed E-state index contributed by atoms with van der Waals surface area (Å²) in [6.07, 6.45) is 7.33. The molecule has 1 amide bonds. The lowest BCUT2D eigenvalue weighted by molar-refractivity contribution is -0.123. The number of nitrogens with one attached hydrogen (secondary N) is 2. The number of benzene rings is 1. The van der Waals surface area contributed by atoms with Gasteiger partial charge in [0.2, 0.25) is 5.91 Å². The number of nitrogens with zero attached hydrogens (tertiary/aromatic N) is 1. The molecule has 4 unspecified atom stereocenters. The van der Waals surface area contributed by atoms with Crippen LogP contribution in [0.5, 0.6) is 5.75 Å². The number of hydrogen-bond acceptors (Lipinski definition) is 4. The van der Waals surface area contributed by atoms with E-state index in [0.29, 0.717) is 12.0 Å². The second-order valence-electron chi connectivity index (χ2n) is 8.15. The number of methoxy groups -OCH3 is 1. The number of carbonyl (C=O) groups is 1. The van der Waals surface area contributed by atoms with Gasteiger partial charge in [-0.2, -0.15) is 0 Å². The number of hydrogen-bond donors (Lipinski definition) is 2. The smallest absolute Gasteiger partial charge is 0.237 e. The first kappa shape index (κ1) is 17.7. The van der Waals surface area contributed by atoms with Crippen LogP contribution in [0.4, 0.5) is 5.69 Å². The molecule has 1 saturated carbocycles. The summed E-state index contributed by atoms with van der Waals surface area (Å²) in [6.45, 7) is 2.82. The van der Waals surface area contributed by atoms with Crippen LogP contribution in [-0.2, 0) is 4.79 Å². The van der Waals surface area contributed by atoms with Gasteiger partial charge < -0.3 is 20.3 Å². The van der Waals surface area contributed by atoms with Crippen molar-refractivity contribution in [2.45, 2.75) is 50.6 Å². The first-order chi connectivity index (χ1) is 12.7. The van der Waals surface area contributed by atoms with Crippen LogP contribution in [0, 0.1) is 11.8 Å². The summed E-state index contributed by atoms with van der Waals surface area (Å²) < 4.78 is 5.33. The van der Waals surface area contributed by atoms with Gasteiger partial charge in [0.05, 0.1) is 13.2 Å². The van der Waals surface area contributed by atoms with Gasteiger partial charge >= 0.3 is 0 Å². The lowest BCUT2D eigenvalue weighted by atomic mass is 9.85. The summed E-state index contributed by atoms with van der Waals surface area (Å²) in [5.74, 6) is 2.34. The molecule has 0 aromatic heterocycles. The van der Waals surface area contributed by atoms with Crippen LogP contribution in [0.25, 0.3) is 0 Å². The Morgan fingerprint density at radius 3 is 3.04 bits per heavy atom. The Labute approximate surface area is 156 Å². The van der Waals surface area contributed by atoms with E-state index < -0.39 is 0 Å². The molecule has 4 rings (SSSR count). The van der Waals surface area contributed by atoms with Gasteiger partial charge in [-0.25, -0.2) is 0 Å². The second kappa shape index (κ2) is 7.87. The molecule has 4 atom stereocenters. The van der Waals surface area contributed by atoms with Gasteiger partial charge in [0.15, 0.2) is 0 Å². The van der Waals surface area contributed by atoms with Crippen molar-refractivity contribution in [1.29, 1.82) is 0 Å². The predicted octanol–water partition coefficient (Wildman–Crippen LogP) is 2.56. The molecule has 0 spiro atoms. The van der Waals surface area contributed by atoms with E-state index in [9.17, 15) is 4.79 Å². The molecule has 2 heterocycles. The Morgan fingerprint density at radius 1 is 1.31 bits per heavy atom. The maximum absolute atomic E-state index is 12.6. The first-order valence-electron chi connectivity index (χ1n) is 10.2. The Bertz CT molecular complexity index is 621. The Morgan fingerprint density at radius 2 is 2.19 bits per heavy atom. The van der Waals surface area contributed by atoms with Crippen molar-refractivity contribution in [3.8, 4) is 5.75 Å². The zero-order valence-electron chi connectivity index (χ0n) is 15.7. The van der Waals surface area contributed by atoms with E-state index in [0.717, 1.165) is 44.1 Å². The predicted molar refractivity (Wildman–Crippen MR) is 104 cm³/mol. The number of carbonyl (C=O) groups excluding carboxylic acids is 1. The van der Waals surface area contributed by atoms with Crippen molar-refractivity contribution < 1.29 is 9.53 Å². The Kier molecular flexibility index (Phi) is 5.34. The molecule has 1 aromatic carbocycles. The van der Waals surface area contributed by atoms with Gasteiger partial charge in [0.25, 0.3) is 0 Å². The molecule has 0 bridgehead atoms. The van der Waals surface area contributed by atoms with Gasteiger partial charge in [0.1, 0.15) is 5.75 Å². The fourth-order valence-corrected chi connectivity index (χ4v) is 4.93. The topological polar surface area (TPSA) is 53.6 Å². The van der Waals surface area contributed by atoms with Gasteiger partial charge in [0, 0.05) is 37.4 Å². The van der Waals surface area contributed by atoms with E-state index in [4.69, 9.17) is 4.74 Å². The lowest BCUT2D eigenvalue weighted by Crippen LogP contribution is -2.44. The number of fused-ring (bicyclic) bond motifs is 1. The number of anilines is 1. The van der Waals surface area contributed by atoms with Crippen LogP contribution in [0.3, 0.4) is 0 Å². The van der Waals surface area contributed by atoms with Crippen molar-refractivity contribution >= 4 is 11.6 Å². The van der Waals surface area contributed by atoms with E-state index in [2.05, 4.69) is 27.7 Å². The van der Waals surface area contributed by atoms with Gasteiger partial charge in [-0.3, -0.25) is 4.79 Å². The molecule has 2 aliphatic heterocycles. The van der Waals surface area contributed by atoms with Crippen LogP contribution in [0.2, 0.25) is 0 Å². The summed E-state index contributed by atoms with van der Waals surface area (Å²) in [7, 11) is 1.70. The van der Waals surface area contributed by atoms with E-state index in [1.165, 1.54) is 31.4 Å². The quantitative estimate of drug-likeness (QED) is 0.850. The fourth-order valence-electron chi connectivity index (χ4n) is 4.93. The molecule has 0 radical (unpaired) electrons. The summed E-state index contributed by atoms with van der Waals surface area (Å²) in [5.41, 5.74) is 1.21. The molecule has 2 N–H and O–H groups in total. The summed E-state index contributed by atoms with van der Waals surface area (Å²) in [4.78, 5) is 15.0. The van der Waals surface area contributed by atoms with Crippen molar-refractivity contribution in [3.05, 3.63) is 24.3 Å². The van der Waals surface area contributed by atoms with Crippen LogP contribution < -0.4 is 20.3 Å². The zero-order chi connectivity index (χ0) is 17.9. The zero-order valence-corrected chi connectivity index (χ0v) is 15.7. The molecular formula is C21H31N3O2. The van der Waals surface area contributed by atoms with Crippen LogP contribution >= 0.6 is 0 Å². The highest BCUT2D eigenvalue weighted by Crippen LogP contribution is 2.33. The van der Waals surface area contributed by atoms with Gasteiger partial charge in [-0.05, 0) is 49.7 Å². The summed E-state index contributed by atoms with van der Waals surface area (Å²) >= 11 is 0. The number of amides is 1. The highest BCUT2D eigenvalue weighted by Gasteiger charge is 2.38. The molecule has 3 aliphatic rings. The SMILES string of the molecule is COc1cccc(N2CCC(CNC(=O)C3CC4CCCCC4N3)C2)c1. The van der Waals surface area contributed by atoms with E-state index in [1.807, 2.05) is 12.1 Å². The van der Waals surface area contributed by atoms with Crippen LogP contribution in [0.1, 0.15) is 38.5 Å². The Hall–Kier alpha value is -1.75. The molecule has 2 saturated heterocycles. The van der Waals surface area contributed by atoms with Gasteiger partial charge in [-0.1, -0.05) is 18.9 Å². The van der Waals surface area contributed by atoms with Gasteiger partial charge in [-0.15, -0.1) is 0 Å². The lowest BCUT2D eigenvalue weighted by Gasteiger charge is -2.24. The third-order valence-electron chi connectivity index (χ3n) is 6.45. The maximum Gasteiger partial charge on any atom is 0.237 e. The Balaban J connectivity index is 1.24. The highest BCUT2D eigenvalue weighted by atomic mass is 16.5. The van der Waals surface area contributed by atoms with Crippen molar-refractivity contribution in [1.82, 2.24) is 10.6 Å². The number of ether oxygens (including phenoxy) is 1. The van der Waals surface area contributed by atoms with Crippen LogP contribution in [-0.4, -0.2) is 44.7 Å². The molecule has 3 fully saturated rings. The van der Waals surface area contributed by atoms with Crippen molar-refractivity contribution in [2.75, 3.05) is 31.6 Å². The van der Waals surface area contributed by atoms with Crippen molar-refractivity contribution in [2.24, 2.45) is 11.8 Å². The minimum Gasteiger partial charge on any atom is -0.497 e. The maximum atomic E-state index is 12.6.